The molecule has 1 heterocycles. The van der Waals surface area contributed by atoms with Crippen LogP contribution in [0, 0.1) is 5.82 Å². The van der Waals surface area contributed by atoms with Crippen LogP contribution in [0.2, 0.25) is 5.02 Å². The Hall–Kier alpha value is -2.49. The average Bonchev–Trinajstić information content (AvgIpc) is 3.05. The normalized spacial score (nSPS) is 11.9. The smallest absolute Gasteiger partial charge is 0.243 e. The Labute approximate surface area is 185 Å². The zero-order valence-corrected chi connectivity index (χ0v) is 19.1. The van der Waals surface area contributed by atoms with E-state index in [0.717, 1.165) is 5.52 Å². The summed E-state index contributed by atoms with van der Waals surface area (Å²) in [5, 5.41) is 2.44. The molecule has 2 aromatic carbocycles. The monoisotopic (exact) mass is 466 g/mol. The number of anilines is 1. The minimum absolute atomic E-state index is 0.0220. The van der Waals surface area contributed by atoms with Crippen LogP contribution in [-0.4, -0.2) is 41.3 Å². The summed E-state index contributed by atoms with van der Waals surface area (Å²) in [6.45, 7) is 4.34. The van der Waals surface area contributed by atoms with Gasteiger partial charge >= 0.3 is 0 Å². The van der Waals surface area contributed by atoms with Crippen LogP contribution < -0.4 is 5.32 Å². The molecule has 166 valence electrons. The van der Waals surface area contributed by atoms with E-state index in [9.17, 15) is 17.6 Å². The number of carbonyl (C=O) groups is 1. The van der Waals surface area contributed by atoms with E-state index in [4.69, 9.17) is 11.6 Å². The van der Waals surface area contributed by atoms with Crippen LogP contribution in [-0.2, 0) is 28.3 Å². The number of aryl methyl sites for hydroxylation is 2. The van der Waals surface area contributed by atoms with E-state index < -0.39 is 15.8 Å². The maximum Gasteiger partial charge on any atom is 0.243 e. The first-order valence-electron chi connectivity index (χ1n) is 9.88. The summed E-state index contributed by atoms with van der Waals surface area (Å²) in [5.74, 6) is -0.436. The zero-order chi connectivity index (χ0) is 22.8. The van der Waals surface area contributed by atoms with E-state index in [-0.39, 0.29) is 27.9 Å². The highest BCUT2D eigenvalue weighted by atomic mass is 35.5. The van der Waals surface area contributed by atoms with Gasteiger partial charge in [0.2, 0.25) is 15.9 Å². The summed E-state index contributed by atoms with van der Waals surface area (Å²) in [6, 6.07) is 9.22. The SMILES string of the molecule is CCN(CC)S(=O)(=O)c1ccc2c(c1)nc(CCC(=O)Nc1cccc(Cl)c1F)n2C. The predicted molar refractivity (Wildman–Crippen MR) is 119 cm³/mol. The second-order valence-electron chi connectivity index (χ2n) is 6.98. The highest BCUT2D eigenvalue weighted by molar-refractivity contribution is 7.89. The maximum atomic E-state index is 14.0. The van der Waals surface area contributed by atoms with Gasteiger partial charge in [0, 0.05) is 33.0 Å². The van der Waals surface area contributed by atoms with Crippen molar-refractivity contribution in [3.8, 4) is 0 Å². The molecule has 1 N–H and O–H groups in total. The predicted octanol–water partition coefficient (Wildman–Crippen LogP) is 3.97. The Morgan fingerprint density at radius 1 is 1.23 bits per heavy atom. The molecule has 0 aliphatic carbocycles. The Bertz CT molecular complexity index is 1220. The van der Waals surface area contributed by atoms with Crippen LogP contribution in [0.4, 0.5) is 10.1 Å². The number of aromatic nitrogens is 2. The number of carbonyl (C=O) groups excluding carboxylic acids is 1. The number of benzene rings is 2. The average molecular weight is 467 g/mol. The number of amides is 1. The van der Waals surface area contributed by atoms with Crippen molar-refractivity contribution < 1.29 is 17.6 Å². The molecule has 1 aromatic heterocycles. The second-order valence-corrected chi connectivity index (χ2v) is 9.32. The van der Waals surface area contributed by atoms with Crippen molar-refractivity contribution in [2.75, 3.05) is 18.4 Å². The molecule has 0 fully saturated rings. The maximum absolute atomic E-state index is 14.0. The number of hydrogen-bond donors (Lipinski definition) is 1. The largest absolute Gasteiger partial charge is 0.331 e. The molecule has 0 spiro atoms. The highest BCUT2D eigenvalue weighted by Crippen LogP contribution is 2.24. The molecular weight excluding hydrogens is 443 g/mol. The number of nitrogens with one attached hydrogen (secondary N) is 1. The number of rotatable bonds is 8. The van der Waals surface area contributed by atoms with Gasteiger partial charge in [-0.2, -0.15) is 4.31 Å². The van der Waals surface area contributed by atoms with Crippen molar-refractivity contribution in [1.82, 2.24) is 13.9 Å². The summed E-state index contributed by atoms with van der Waals surface area (Å²) >= 11 is 5.73. The molecule has 0 unspecified atom stereocenters. The van der Waals surface area contributed by atoms with Crippen LogP contribution in [0.1, 0.15) is 26.1 Å². The van der Waals surface area contributed by atoms with Gasteiger partial charge in [0.25, 0.3) is 0 Å². The number of imidazole rings is 1. The Balaban J connectivity index is 1.78. The molecule has 31 heavy (non-hydrogen) atoms. The first kappa shape index (κ1) is 23.2. The molecule has 0 atom stereocenters. The lowest BCUT2D eigenvalue weighted by atomic mass is 10.2. The minimum Gasteiger partial charge on any atom is -0.331 e. The van der Waals surface area contributed by atoms with Crippen molar-refractivity contribution in [3.05, 3.63) is 53.1 Å². The number of hydrogen-bond acceptors (Lipinski definition) is 4. The van der Waals surface area contributed by atoms with Crippen LogP contribution in [0.15, 0.2) is 41.3 Å². The number of nitrogens with zero attached hydrogens (tertiary/aromatic N) is 3. The standard InChI is InChI=1S/C21H24ClFN4O3S/c1-4-27(5-2)31(29,30)14-9-10-18-17(13-14)24-19(26(18)3)11-12-20(28)25-16-8-6-7-15(22)21(16)23/h6-10,13H,4-5,11-12H2,1-3H3,(H,25,28). The van der Waals surface area contributed by atoms with Crippen molar-refractivity contribution in [2.45, 2.75) is 31.6 Å². The Morgan fingerprint density at radius 3 is 2.61 bits per heavy atom. The van der Waals surface area contributed by atoms with Gasteiger partial charge in [-0.25, -0.2) is 17.8 Å². The first-order valence-corrected chi connectivity index (χ1v) is 11.7. The molecule has 7 nitrogen and oxygen atoms in total. The summed E-state index contributed by atoms with van der Waals surface area (Å²) in [7, 11) is -1.79. The van der Waals surface area contributed by atoms with Crippen molar-refractivity contribution in [1.29, 1.82) is 0 Å². The Morgan fingerprint density at radius 2 is 1.94 bits per heavy atom. The highest BCUT2D eigenvalue weighted by Gasteiger charge is 2.23. The fraction of sp³-hybridized carbons (Fsp3) is 0.333. The number of halogens is 2. The topological polar surface area (TPSA) is 84.3 Å². The van der Waals surface area contributed by atoms with E-state index >= 15 is 0 Å². The van der Waals surface area contributed by atoms with Gasteiger partial charge in [-0.1, -0.05) is 31.5 Å². The van der Waals surface area contributed by atoms with Crippen molar-refractivity contribution in [3.63, 3.8) is 0 Å². The van der Waals surface area contributed by atoms with Crippen LogP contribution in [0.3, 0.4) is 0 Å². The van der Waals surface area contributed by atoms with Gasteiger partial charge in [-0.05, 0) is 30.3 Å². The van der Waals surface area contributed by atoms with Gasteiger partial charge in [0.05, 0.1) is 26.6 Å². The minimum atomic E-state index is -3.59. The molecule has 0 aliphatic heterocycles. The van der Waals surface area contributed by atoms with Crippen molar-refractivity contribution >= 4 is 44.3 Å². The zero-order valence-electron chi connectivity index (χ0n) is 17.5. The molecule has 0 radical (unpaired) electrons. The van der Waals surface area contributed by atoms with E-state index in [2.05, 4.69) is 10.3 Å². The molecule has 0 aliphatic rings. The van der Waals surface area contributed by atoms with Gasteiger partial charge in [-0.3, -0.25) is 4.79 Å². The summed E-state index contributed by atoms with van der Waals surface area (Å²) in [4.78, 5) is 17.0. The Kier molecular flexibility index (Phi) is 6.98. The van der Waals surface area contributed by atoms with Crippen molar-refractivity contribution in [2.24, 2.45) is 7.05 Å². The molecule has 3 rings (SSSR count). The van der Waals surface area contributed by atoms with E-state index in [0.29, 0.717) is 30.9 Å². The molecule has 0 saturated carbocycles. The molecule has 3 aromatic rings. The lowest BCUT2D eigenvalue weighted by molar-refractivity contribution is -0.116. The third kappa shape index (κ3) is 4.73. The van der Waals surface area contributed by atoms with E-state index in [1.54, 1.807) is 45.2 Å². The quantitative estimate of drug-likeness (QED) is 0.544. The lowest BCUT2D eigenvalue weighted by Gasteiger charge is -2.18. The molecule has 10 heteroatoms. The van der Waals surface area contributed by atoms with E-state index in [1.165, 1.54) is 16.4 Å². The van der Waals surface area contributed by atoms with Crippen LogP contribution >= 0.6 is 11.6 Å². The van der Waals surface area contributed by atoms with Crippen LogP contribution in [0.5, 0.6) is 0 Å². The number of fused-ring (bicyclic) bond motifs is 1. The third-order valence-corrected chi connectivity index (χ3v) is 7.43. The van der Waals surface area contributed by atoms with Crippen LogP contribution in [0.25, 0.3) is 11.0 Å². The van der Waals surface area contributed by atoms with Gasteiger partial charge in [0.15, 0.2) is 5.82 Å². The lowest BCUT2D eigenvalue weighted by Crippen LogP contribution is -2.30. The molecule has 0 saturated heterocycles. The van der Waals surface area contributed by atoms with Gasteiger partial charge in [-0.15, -0.1) is 0 Å². The summed E-state index contributed by atoms with van der Waals surface area (Å²) in [5.41, 5.74) is 1.32. The van der Waals surface area contributed by atoms with E-state index in [1.807, 2.05) is 4.57 Å². The fourth-order valence-electron chi connectivity index (χ4n) is 3.36. The first-order chi connectivity index (χ1) is 14.7. The fourth-order valence-corrected chi connectivity index (χ4v) is 5.02. The second kappa shape index (κ2) is 9.33. The molecule has 0 bridgehead atoms. The van der Waals surface area contributed by atoms with Gasteiger partial charge in [0.1, 0.15) is 5.82 Å². The molecular formula is C21H24ClFN4O3S. The van der Waals surface area contributed by atoms with Gasteiger partial charge < -0.3 is 9.88 Å². The third-order valence-electron chi connectivity index (χ3n) is 5.09. The summed E-state index contributed by atoms with van der Waals surface area (Å²) in [6.07, 6.45) is 0.380. The summed E-state index contributed by atoms with van der Waals surface area (Å²) < 4.78 is 42.7. The number of sulfonamides is 1. The molecule has 1 amide bonds.